The second-order valence-electron chi connectivity index (χ2n) is 10.1. The number of benzene rings is 2. The lowest BCUT2D eigenvalue weighted by Crippen LogP contribution is -2.35. The van der Waals surface area contributed by atoms with E-state index < -0.39 is 16.6 Å². The van der Waals surface area contributed by atoms with Gasteiger partial charge in [-0.25, -0.2) is 19.0 Å². The van der Waals surface area contributed by atoms with E-state index >= 15 is 4.39 Å². The van der Waals surface area contributed by atoms with Crippen LogP contribution in [0.1, 0.15) is 45.8 Å². The van der Waals surface area contributed by atoms with Gasteiger partial charge < -0.3 is 15.1 Å². The van der Waals surface area contributed by atoms with Crippen LogP contribution >= 0.6 is 0 Å². The van der Waals surface area contributed by atoms with Gasteiger partial charge in [-0.3, -0.25) is 9.00 Å². The first kappa shape index (κ1) is 28.2. The normalized spacial score (nSPS) is 14.5. The first-order valence-corrected chi connectivity index (χ1v) is 14.8. The molecule has 0 saturated carbocycles. The maximum atomic E-state index is 15.3. The molecule has 1 aliphatic heterocycles. The van der Waals surface area contributed by atoms with Crippen molar-refractivity contribution in [2.45, 2.75) is 31.0 Å². The lowest BCUT2D eigenvalue weighted by atomic mass is 9.94. The lowest BCUT2D eigenvalue weighted by molar-refractivity contribution is 0.0827. The van der Waals surface area contributed by atoms with Crippen LogP contribution in [0.15, 0.2) is 66.0 Å². The third kappa shape index (κ3) is 6.04. The maximum absolute atomic E-state index is 15.3. The van der Waals surface area contributed by atoms with E-state index in [0.29, 0.717) is 41.2 Å². The smallest absolute Gasteiger partial charge is 0.253 e. The first-order valence-electron chi connectivity index (χ1n) is 13.2. The van der Waals surface area contributed by atoms with Gasteiger partial charge in [0.1, 0.15) is 12.2 Å². The predicted molar refractivity (Wildman–Crippen MR) is 159 cm³/mol. The number of pyridine rings is 1. The van der Waals surface area contributed by atoms with Gasteiger partial charge in [-0.05, 0) is 47.9 Å². The Bertz CT molecular complexity index is 1630. The Morgan fingerprint density at radius 3 is 2.68 bits per heavy atom. The molecule has 1 amide bonds. The van der Waals surface area contributed by atoms with Crippen molar-refractivity contribution in [3.8, 4) is 0 Å². The zero-order chi connectivity index (χ0) is 29.1. The Labute approximate surface area is 241 Å². The number of nitrogens with one attached hydrogen (secondary N) is 1. The SMILES string of the molecule is C[C@@H](Nc1ccccc1S(C)=O)c1cccc(C(=O)N(C)C)c1/C=C/c1cnc(N2CCn3ncnc3C2)c(F)c1. The van der Waals surface area contributed by atoms with E-state index in [1.807, 2.05) is 59.0 Å². The van der Waals surface area contributed by atoms with Crippen LogP contribution in [0.2, 0.25) is 0 Å². The van der Waals surface area contributed by atoms with Gasteiger partial charge in [0.25, 0.3) is 5.91 Å². The van der Waals surface area contributed by atoms with Gasteiger partial charge in [-0.2, -0.15) is 5.10 Å². The summed E-state index contributed by atoms with van der Waals surface area (Å²) >= 11 is 0. The summed E-state index contributed by atoms with van der Waals surface area (Å²) in [6.07, 6.45) is 8.36. The largest absolute Gasteiger partial charge is 0.378 e. The molecule has 3 heterocycles. The molecule has 2 aromatic heterocycles. The quantitative estimate of drug-likeness (QED) is 0.329. The average Bonchev–Trinajstić information content (AvgIpc) is 3.43. The molecule has 2 atom stereocenters. The minimum absolute atomic E-state index is 0.147. The van der Waals surface area contributed by atoms with Crippen LogP contribution in [0.4, 0.5) is 15.9 Å². The van der Waals surface area contributed by atoms with Gasteiger partial charge in [0.15, 0.2) is 11.6 Å². The number of rotatable bonds is 8. The first-order chi connectivity index (χ1) is 19.7. The molecule has 212 valence electrons. The van der Waals surface area contributed by atoms with Crippen molar-refractivity contribution in [1.82, 2.24) is 24.6 Å². The second kappa shape index (κ2) is 12.0. The minimum Gasteiger partial charge on any atom is -0.378 e. The molecular formula is C30H32FN7O2S. The number of hydrogen-bond donors (Lipinski definition) is 1. The summed E-state index contributed by atoms with van der Waals surface area (Å²) in [7, 11) is 2.24. The average molecular weight is 574 g/mol. The van der Waals surface area contributed by atoms with Crippen molar-refractivity contribution in [3.05, 3.63) is 95.0 Å². The molecule has 0 saturated heterocycles. The Kier molecular flexibility index (Phi) is 8.25. The topological polar surface area (TPSA) is 96.2 Å². The summed E-state index contributed by atoms with van der Waals surface area (Å²) in [6.45, 7) is 3.62. The fourth-order valence-electron chi connectivity index (χ4n) is 4.91. The Morgan fingerprint density at radius 2 is 1.93 bits per heavy atom. The molecule has 9 nitrogen and oxygen atoms in total. The highest BCUT2D eigenvalue weighted by Crippen LogP contribution is 2.30. The highest BCUT2D eigenvalue weighted by molar-refractivity contribution is 7.84. The summed E-state index contributed by atoms with van der Waals surface area (Å²) in [5, 5.41) is 7.63. The molecule has 41 heavy (non-hydrogen) atoms. The molecule has 2 aromatic carbocycles. The van der Waals surface area contributed by atoms with E-state index in [1.165, 1.54) is 17.3 Å². The number of carbonyl (C=O) groups is 1. The van der Waals surface area contributed by atoms with Crippen LogP contribution in [0.25, 0.3) is 12.2 Å². The molecule has 4 aromatic rings. The maximum Gasteiger partial charge on any atom is 0.253 e. The van der Waals surface area contributed by atoms with Crippen molar-refractivity contribution in [2.24, 2.45) is 0 Å². The van der Waals surface area contributed by atoms with E-state index in [2.05, 4.69) is 20.4 Å². The van der Waals surface area contributed by atoms with Gasteiger partial charge in [-0.15, -0.1) is 0 Å². The molecule has 0 spiro atoms. The molecule has 0 radical (unpaired) electrons. The van der Waals surface area contributed by atoms with Crippen LogP contribution in [0.3, 0.4) is 0 Å². The fourth-order valence-corrected chi connectivity index (χ4v) is 5.62. The van der Waals surface area contributed by atoms with Gasteiger partial charge in [-0.1, -0.05) is 36.4 Å². The molecule has 1 N–H and O–H groups in total. The lowest BCUT2D eigenvalue weighted by Gasteiger charge is -2.27. The number of hydrogen-bond acceptors (Lipinski definition) is 7. The Morgan fingerprint density at radius 1 is 1.12 bits per heavy atom. The Hall–Kier alpha value is -4.38. The van der Waals surface area contributed by atoms with Crippen LogP contribution in [0, 0.1) is 5.82 Å². The number of carbonyl (C=O) groups excluding carboxylic acids is 1. The van der Waals surface area contributed by atoms with Crippen LogP contribution in [-0.4, -0.2) is 61.7 Å². The molecule has 0 bridgehead atoms. The van der Waals surface area contributed by atoms with Crippen molar-refractivity contribution in [3.63, 3.8) is 0 Å². The fraction of sp³-hybridized carbons (Fsp3) is 0.267. The summed E-state index contributed by atoms with van der Waals surface area (Å²) < 4.78 is 29.3. The van der Waals surface area contributed by atoms with Gasteiger partial charge >= 0.3 is 0 Å². The number of amides is 1. The van der Waals surface area contributed by atoms with E-state index in [9.17, 15) is 9.00 Å². The summed E-state index contributed by atoms with van der Waals surface area (Å²) in [4.78, 5) is 25.9. The monoisotopic (exact) mass is 573 g/mol. The van der Waals surface area contributed by atoms with Gasteiger partial charge in [0, 0.05) is 44.7 Å². The third-order valence-corrected chi connectivity index (χ3v) is 7.98. The summed E-state index contributed by atoms with van der Waals surface area (Å²) in [5.74, 6) is 0.459. The summed E-state index contributed by atoms with van der Waals surface area (Å²) in [5.41, 5.74) is 3.43. The number of aromatic nitrogens is 4. The molecule has 11 heteroatoms. The zero-order valence-corrected chi connectivity index (χ0v) is 24.2. The van der Waals surface area contributed by atoms with Crippen LogP contribution in [-0.2, 0) is 23.9 Å². The third-order valence-electron chi connectivity index (χ3n) is 7.01. The number of anilines is 2. The van der Waals surface area contributed by atoms with Gasteiger partial charge in [0.05, 0.1) is 34.5 Å². The zero-order valence-electron chi connectivity index (χ0n) is 23.4. The van der Waals surface area contributed by atoms with Crippen LogP contribution in [0.5, 0.6) is 0 Å². The highest BCUT2D eigenvalue weighted by Gasteiger charge is 2.22. The van der Waals surface area contributed by atoms with E-state index in [-0.39, 0.29) is 17.8 Å². The number of fused-ring (bicyclic) bond motifs is 1. The summed E-state index contributed by atoms with van der Waals surface area (Å²) in [6, 6.07) is 14.3. The van der Waals surface area contributed by atoms with E-state index in [4.69, 9.17) is 0 Å². The number of nitrogens with zero attached hydrogens (tertiary/aromatic N) is 6. The molecule has 1 unspecified atom stereocenters. The second-order valence-corrected chi connectivity index (χ2v) is 11.4. The minimum atomic E-state index is -1.17. The molecule has 0 aliphatic carbocycles. The predicted octanol–water partition coefficient (Wildman–Crippen LogP) is 4.62. The van der Waals surface area contributed by atoms with Crippen molar-refractivity contribution in [2.75, 3.05) is 37.1 Å². The number of halogens is 1. The van der Waals surface area contributed by atoms with Crippen molar-refractivity contribution in [1.29, 1.82) is 0 Å². The molecule has 5 rings (SSSR count). The Balaban J connectivity index is 1.46. The molecule has 1 aliphatic rings. The van der Waals surface area contributed by atoms with Gasteiger partial charge in [0.2, 0.25) is 0 Å². The highest BCUT2D eigenvalue weighted by atomic mass is 32.2. The van der Waals surface area contributed by atoms with E-state index in [0.717, 1.165) is 17.1 Å². The van der Waals surface area contributed by atoms with Crippen molar-refractivity contribution < 1.29 is 13.4 Å². The molecule has 0 fully saturated rings. The van der Waals surface area contributed by atoms with E-state index in [1.54, 1.807) is 38.7 Å². The van der Waals surface area contributed by atoms with Crippen LogP contribution < -0.4 is 10.2 Å². The standard InChI is InChI=1S/C30H32FN7O2S/c1-20(35-26-10-5-6-11-27(26)41(4)40)22-8-7-9-24(30(39)36(2)3)23(22)13-12-21-16-25(31)29(32-17-21)37-14-15-38-28(18-37)33-19-34-38/h5-13,16-17,19-20,35H,14-15,18H2,1-4H3/b13-12+/t20-,41?/m1/s1. The molecular weight excluding hydrogens is 541 g/mol. The van der Waals surface area contributed by atoms with Crippen molar-refractivity contribution >= 4 is 40.4 Å². The number of para-hydroxylation sites is 1.